The van der Waals surface area contributed by atoms with E-state index in [1.54, 1.807) is 0 Å². The molecule has 2 N–H and O–H groups in total. The van der Waals surface area contributed by atoms with E-state index in [9.17, 15) is 0 Å². The van der Waals surface area contributed by atoms with Crippen LogP contribution in [0.2, 0.25) is 5.02 Å². The van der Waals surface area contributed by atoms with Gasteiger partial charge in [0.2, 0.25) is 0 Å². The molecule has 1 fully saturated rings. The van der Waals surface area contributed by atoms with Gasteiger partial charge < -0.3 is 5.73 Å². The van der Waals surface area contributed by atoms with Crippen LogP contribution in [0.15, 0.2) is 0 Å². The van der Waals surface area contributed by atoms with Crippen LogP contribution in [0.1, 0.15) is 57.8 Å². The number of aromatic nitrogens is 2. The lowest BCUT2D eigenvalue weighted by molar-refractivity contribution is 0.200. The van der Waals surface area contributed by atoms with Crippen molar-refractivity contribution in [2.24, 2.45) is 11.7 Å². The van der Waals surface area contributed by atoms with Crippen molar-refractivity contribution >= 4 is 11.6 Å². The van der Waals surface area contributed by atoms with Crippen LogP contribution in [-0.2, 0) is 19.4 Å². The van der Waals surface area contributed by atoms with Crippen LogP contribution in [-0.4, -0.2) is 15.3 Å². The molecule has 0 bridgehead atoms. The molecule has 4 heteroatoms. The summed E-state index contributed by atoms with van der Waals surface area (Å²) in [7, 11) is 0. The van der Waals surface area contributed by atoms with Crippen LogP contribution in [0.4, 0.5) is 0 Å². The molecule has 0 aliphatic heterocycles. The average Bonchev–Trinajstić information content (AvgIpc) is 2.70. The van der Waals surface area contributed by atoms with Crippen LogP contribution in [0.25, 0.3) is 0 Å². The molecule has 1 aromatic rings. The number of halogens is 1. The van der Waals surface area contributed by atoms with Crippen LogP contribution in [0.3, 0.4) is 0 Å². The summed E-state index contributed by atoms with van der Waals surface area (Å²) >= 11 is 6.50. The SMILES string of the molecule is CCc1nn(CC)c(CC2(N)CCCCC2C)c1Cl. The number of rotatable bonds is 4. The number of aryl methyl sites for hydroxylation is 2. The van der Waals surface area contributed by atoms with Crippen LogP contribution >= 0.6 is 11.6 Å². The standard InChI is InChI=1S/C15H26ClN3/c1-4-12-14(16)13(19(5-2)18-12)10-15(17)9-7-6-8-11(15)3/h11H,4-10,17H2,1-3H3. The van der Waals surface area contributed by atoms with Gasteiger partial charge in [-0.05, 0) is 32.1 Å². The fourth-order valence-electron chi connectivity index (χ4n) is 3.20. The van der Waals surface area contributed by atoms with E-state index in [1.165, 1.54) is 19.3 Å². The topological polar surface area (TPSA) is 43.8 Å². The fraction of sp³-hybridized carbons (Fsp3) is 0.800. The first-order chi connectivity index (χ1) is 9.01. The lowest BCUT2D eigenvalue weighted by Gasteiger charge is -2.39. The van der Waals surface area contributed by atoms with E-state index in [0.29, 0.717) is 5.92 Å². The van der Waals surface area contributed by atoms with Crippen molar-refractivity contribution < 1.29 is 0 Å². The highest BCUT2D eigenvalue weighted by Gasteiger charge is 2.36. The Labute approximate surface area is 121 Å². The first-order valence-electron chi connectivity index (χ1n) is 7.54. The van der Waals surface area contributed by atoms with E-state index in [-0.39, 0.29) is 5.54 Å². The predicted molar refractivity (Wildman–Crippen MR) is 80.5 cm³/mol. The van der Waals surface area contributed by atoms with Gasteiger partial charge in [-0.25, -0.2) is 0 Å². The Bertz CT molecular complexity index is 441. The summed E-state index contributed by atoms with van der Waals surface area (Å²) in [5.74, 6) is 0.558. The first-order valence-corrected chi connectivity index (χ1v) is 7.92. The molecule has 1 aliphatic carbocycles. The third kappa shape index (κ3) is 2.82. The minimum Gasteiger partial charge on any atom is -0.325 e. The molecular weight excluding hydrogens is 258 g/mol. The summed E-state index contributed by atoms with van der Waals surface area (Å²) in [4.78, 5) is 0. The van der Waals surface area contributed by atoms with Gasteiger partial charge in [0.05, 0.1) is 16.4 Å². The maximum Gasteiger partial charge on any atom is 0.0850 e. The second-order valence-corrected chi connectivity index (χ2v) is 6.31. The molecule has 0 radical (unpaired) electrons. The lowest BCUT2D eigenvalue weighted by atomic mass is 9.72. The van der Waals surface area contributed by atoms with E-state index < -0.39 is 0 Å². The van der Waals surface area contributed by atoms with Crippen molar-refractivity contribution in [2.45, 2.75) is 71.4 Å². The summed E-state index contributed by atoms with van der Waals surface area (Å²) in [6.45, 7) is 7.35. The Morgan fingerprint density at radius 2 is 2.16 bits per heavy atom. The molecule has 1 aromatic heterocycles. The third-order valence-corrected chi connectivity index (χ3v) is 5.14. The molecular formula is C15H26ClN3. The number of hydrogen-bond acceptors (Lipinski definition) is 2. The zero-order valence-corrected chi connectivity index (χ0v) is 13.1. The van der Waals surface area contributed by atoms with Crippen molar-refractivity contribution in [2.75, 3.05) is 0 Å². The maximum absolute atomic E-state index is 6.68. The molecule has 0 amide bonds. The van der Waals surface area contributed by atoms with E-state index in [0.717, 1.165) is 42.2 Å². The minimum atomic E-state index is -0.111. The second kappa shape index (κ2) is 5.84. The zero-order chi connectivity index (χ0) is 14.0. The molecule has 108 valence electrons. The van der Waals surface area contributed by atoms with Crippen molar-refractivity contribution in [1.29, 1.82) is 0 Å². The van der Waals surface area contributed by atoms with E-state index in [4.69, 9.17) is 17.3 Å². The molecule has 19 heavy (non-hydrogen) atoms. The third-order valence-electron chi connectivity index (χ3n) is 4.70. The number of nitrogens with zero attached hydrogens (tertiary/aromatic N) is 2. The van der Waals surface area contributed by atoms with Gasteiger partial charge in [0, 0.05) is 18.5 Å². The molecule has 2 rings (SSSR count). The van der Waals surface area contributed by atoms with Gasteiger partial charge in [-0.1, -0.05) is 38.3 Å². The summed E-state index contributed by atoms with van der Waals surface area (Å²) in [6.07, 6.45) is 6.61. The molecule has 0 spiro atoms. The van der Waals surface area contributed by atoms with Crippen LogP contribution in [0, 0.1) is 5.92 Å². The molecule has 3 nitrogen and oxygen atoms in total. The predicted octanol–water partition coefficient (Wildman–Crippen LogP) is 3.57. The summed E-state index contributed by atoms with van der Waals surface area (Å²) in [5, 5.41) is 5.44. The molecule has 0 aromatic carbocycles. The molecule has 0 saturated heterocycles. The normalized spacial score (nSPS) is 27.7. The maximum atomic E-state index is 6.68. The van der Waals surface area contributed by atoms with Gasteiger partial charge >= 0.3 is 0 Å². The van der Waals surface area contributed by atoms with Crippen molar-refractivity contribution in [3.8, 4) is 0 Å². The minimum absolute atomic E-state index is 0.111. The van der Waals surface area contributed by atoms with Crippen LogP contribution in [0.5, 0.6) is 0 Å². The Morgan fingerprint density at radius 1 is 1.42 bits per heavy atom. The lowest BCUT2D eigenvalue weighted by Crippen LogP contribution is -2.50. The van der Waals surface area contributed by atoms with Crippen LogP contribution < -0.4 is 5.73 Å². The molecule has 2 atom stereocenters. The van der Waals surface area contributed by atoms with E-state index in [2.05, 4.69) is 25.9 Å². The fourth-order valence-corrected chi connectivity index (χ4v) is 3.53. The van der Waals surface area contributed by atoms with E-state index >= 15 is 0 Å². The van der Waals surface area contributed by atoms with Gasteiger partial charge in [0.1, 0.15) is 0 Å². The van der Waals surface area contributed by atoms with Gasteiger partial charge in [-0.3, -0.25) is 4.68 Å². The van der Waals surface area contributed by atoms with E-state index in [1.807, 2.05) is 4.68 Å². The zero-order valence-electron chi connectivity index (χ0n) is 12.4. The summed E-state index contributed by atoms with van der Waals surface area (Å²) < 4.78 is 2.04. The van der Waals surface area contributed by atoms with Crippen molar-refractivity contribution in [3.63, 3.8) is 0 Å². The second-order valence-electron chi connectivity index (χ2n) is 5.93. The van der Waals surface area contributed by atoms with Crippen molar-refractivity contribution in [1.82, 2.24) is 9.78 Å². The molecule has 2 unspecified atom stereocenters. The Kier molecular flexibility index (Phi) is 4.57. The van der Waals surface area contributed by atoms with Crippen molar-refractivity contribution in [3.05, 3.63) is 16.4 Å². The Morgan fingerprint density at radius 3 is 2.74 bits per heavy atom. The quantitative estimate of drug-likeness (QED) is 0.918. The smallest absolute Gasteiger partial charge is 0.0850 e. The monoisotopic (exact) mass is 283 g/mol. The summed E-state index contributed by atoms with van der Waals surface area (Å²) in [5.41, 5.74) is 8.71. The van der Waals surface area contributed by atoms with Gasteiger partial charge in [-0.15, -0.1) is 0 Å². The average molecular weight is 284 g/mol. The Hall–Kier alpha value is -0.540. The van der Waals surface area contributed by atoms with Gasteiger partial charge in [-0.2, -0.15) is 5.10 Å². The number of nitrogens with two attached hydrogens (primary N) is 1. The molecule has 1 aliphatic rings. The molecule has 1 saturated carbocycles. The van der Waals surface area contributed by atoms with Gasteiger partial charge in [0.25, 0.3) is 0 Å². The highest BCUT2D eigenvalue weighted by atomic mass is 35.5. The highest BCUT2D eigenvalue weighted by molar-refractivity contribution is 6.31. The largest absolute Gasteiger partial charge is 0.325 e. The first kappa shape index (κ1) is 14.9. The molecule has 1 heterocycles. The summed E-state index contributed by atoms with van der Waals surface area (Å²) in [6, 6.07) is 0. The highest BCUT2D eigenvalue weighted by Crippen LogP contribution is 2.36. The number of hydrogen-bond donors (Lipinski definition) is 1. The Balaban J connectivity index is 2.29. The van der Waals surface area contributed by atoms with Gasteiger partial charge in [0.15, 0.2) is 0 Å².